The number of nitrogens with zero attached hydrogens (tertiary/aromatic N) is 1. The molecule has 0 aromatic heterocycles. The van der Waals surface area contributed by atoms with Crippen LogP contribution in [0.5, 0.6) is 0 Å². The number of aliphatic imine (C=N–C) groups is 1. The lowest BCUT2D eigenvalue weighted by molar-refractivity contribution is 0.374. The molecule has 0 radical (unpaired) electrons. The molecule has 0 unspecified atom stereocenters. The molecule has 0 saturated carbocycles. The Bertz CT molecular complexity index is 185. The minimum absolute atomic E-state index is 0.181. The fourth-order valence-electron chi connectivity index (χ4n) is 1.26. The molecule has 0 bridgehead atoms. The van der Waals surface area contributed by atoms with Gasteiger partial charge in [0.2, 0.25) is 0 Å². The highest BCUT2D eigenvalue weighted by Crippen LogP contribution is 2.11. The van der Waals surface area contributed by atoms with Crippen LogP contribution in [0.4, 0.5) is 0 Å². The van der Waals surface area contributed by atoms with Crippen molar-refractivity contribution in [3.05, 3.63) is 0 Å². The van der Waals surface area contributed by atoms with Crippen LogP contribution in [0.1, 0.15) is 33.1 Å². The molecule has 1 aliphatic rings. The van der Waals surface area contributed by atoms with Gasteiger partial charge in [0.15, 0.2) is 0 Å². The van der Waals surface area contributed by atoms with Gasteiger partial charge in [0.25, 0.3) is 0 Å². The summed E-state index contributed by atoms with van der Waals surface area (Å²) in [5, 5.41) is 3.38. The fraction of sp³-hybridized carbons (Fsp3) is 0.900. The predicted molar refractivity (Wildman–Crippen MR) is 57.0 cm³/mol. The third-order valence-corrected chi connectivity index (χ3v) is 2.45. The Morgan fingerprint density at radius 2 is 2.23 bits per heavy atom. The highest BCUT2D eigenvalue weighted by molar-refractivity contribution is 5.82. The predicted octanol–water partition coefficient (Wildman–Crippen LogP) is 1.14. The molecular formula is C10H21N3. The van der Waals surface area contributed by atoms with Gasteiger partial charge in [-0.25, -0.2) is 0 Å². The van der Waals surface area contributed by atoms with Crippen molar-refractivity contribution in [1.29, 1.82) is 0 Å². The van der Waals surface area contributed by atoms with Crippen LogP contribution in [0.25, 0.3) is 0 Å². The van der Waals surface area contributed by atoms with E-state index in [0.29, 0.717) is 6.54 Å². The Morgan fingerprint density at radius 3 is 2.77 bits per heavy atom. The summed E-state index contributed by atoms with van der Waals surface area (Å²) < 4.78 is 0. The van der Waals surface area contributed by atoms with Crippen LogP contribution >= 0.6 is 0 Å². The van der Waals surface area contributed by atoms with E-state index in [2.05, 4.69) is 24.2 Å². The summed E-state index contributed by atoms with van der Waals surface area (Å²) in [6.45, 7) is 6.98. The van der Waals surface area contributed by atoms with Gasteiger partial charge in [-0.3, -0.25) is 4.99 Å². The number of hydrogen-bond donors (Lipinski definition) is 2. The van der Waals surface area contributed by atoms with Crippen molar-refractivity contribution in [3.8, 4) is 0 Å². The summed E-state index contributed by atoms with van der Waals surface area (Å²) in [7, 11) is 0. The van der Waals surface area contributed by atoms with Gasteiger partial charge in [-0.05, 0) is 24.8 Å². The normalized spacial score (nSPS) is 18.2. The number of nitrogens with two attached hydrogens (primary N) is 1. The second kappa shape index (κ2) is 4.61. The van der Waals surface area contributed by atoms with Crippen molar-refractivity contribution in [2.24, 2.45) is 16.1 Å². The third kappa shape index (κ3) is 3.77. The van der Waals surface area contributed by atoms with Gasteiger partial charge in [0.05, 0.1) is 5.84 Å². The molecule has 0 amide bonds. The Hall–Kier alpha value is -0.570. The molecule has 1 rings (SSSR count). The van der Waals surface area contributed by atoms with E-state index >= 15 is 0 Å². The Kier molecular flexibility index (Phi) is 3.72. The zero-order chi connectivity index (χ0) is 9.73. The zero-order valence-corrected chi connectivity index (χ0v) is 8.77. The second-order valence-corrected chi connectivity index (χ2v) is 4.51. The Morgan fingerprint density at radius 1 is 1.46 bits per heavy atom. The molecule has 0 saturated heterocycles. The molecule has 0 aromatic rings. The number of hydrogen-bond acceptors (Lipinski definition) is 3. The maximum Gasteiger partial charge on any atom is 0.0963 e. The third-order valence-electron chi connectivity index (χ3n) is 2.45. The van der Waals surface area contributed by atoms with Crippen molar-refractivity contribution >= 4 is 5.84 Å². The van der Waals surface area contributed by atoms with E-state index in [1.165, 1.54) is 18.7 Å². The van der Waals surface area contributed by atoms with Crippen LogP contribution in [-0.4, -0.2) is 25.5 Å². The van der Waals surface area contributed by atoms with Crippen molar-refractivity contribution in [2.45, 2.75) is 33.1 Å². The lowest BCUT2D eigenvalue weighted by Crippen LogP contribution is -2.39. The molecule has 1 heterocycles. The fourth-order valence-corrected chi connectivity index (χ4v) is 1.26. The average molecular weight is 183 g/mol. The van der Waals surface area contributed by atoms with E-state index in [1.807, 2.05) is 0 Å². The molecule has 0 aliphatic carbocycles. The van der Waals surface area contributed by atoms with Crippen molar-refractivity contribution in [3.63, 3.8) is 0 Å². The van der Waals surface area contributed by atoms with Crippen LogP contribution in [0.3, 0.4) is 0 Å². The Labute approximate surface area is 80.8 Å². The molecule has 13 heavy (non-hydrogen) atoms. The van der Waals surface area contributed by atoms with E-state index in [0.717, 1.165) is 19.5 Å². The van der Waals surface area contributed by atoms with Crippen LogP contribution < -0.4 is 11.1 Å². The van der Waals surface area contributed by atoms with Crippen LogP contribution in [0.2, 0.25) is 0 Å². The lowest BCUT2D eigenvalue weighted by Gasteiger charge is -2.24. The molecular weight excluding hydrogens is 162 g/mol. The first-order chi connectivity index (χ1) is 6.14. The monoisotopic (exact) mass is 183 g/mol. The van der Waals surface area contributed by atoms with E-state index in [4.69, 9.17) is 5.73 Å². The molecule has 0 spiro atoms. The summed E-state index contributed by atoms with van der Waals surface area (Å²) in [6, 6.07) is 0. The van der Waals surface area contributed by atoms with Crippen LogP contribution in [-0.2, 0) is 0 Å². The first-order valence-corrected chi connectivity index (χ1v) is 5.11. The van der Waals surface area contributed by atoms with Gasteiger partial charge in [-0.1, -0.05) is 13.8 Å². The van der Waals surface area contributed by atoms with E-state index in [9.17, 15) is 0 Å². The number of amidine groups is 1. The molecule has 0 fully saturated rings. The molecule has 76 valence electrons. The summed E-state index contributed by atoms with van der Waals surface area (Å²) in [5.74, 6) is 1.17. The maximum absolute atomic E-state index is 5.64. The van der Waals surface area contributed by atoms with Gasteiger partial charge < -0.3 is 11.1 Å². The van der Waals surface area contributed by atoms with Crippen molar-refractivity contribution in [1.82, 2.24) is 5.32 Å². The number of rotatable bonds is 3. The lowest BCUT2D eigenvalue weighted by atomic mass is 9.94. The molecule has 1 aliphatic heterocycles. The molecule has 0 atom stereocenters. The standard InChI is InChI=1S/C10H21N3/c1-10(2,7-11)8-13-9-5-3-4-6-12-9/h3-8,11H2,1-2H3,(H,12,13). The smallest absolute Gasteiger partial charge is 0.0963 e. The zero-order valence-electron chi connectivity index (χ0n) is 8.77. The largest absolute Gasteiger partial charge is 0.373 e. The van der Waals surface area contributed by atoms with Gasteiger partial charge in [0.1, 0.15) is 0 Å². The van der Waals surface area contributed by atoms with Gasteiger partial charge >= 0.3 is 0 Å². The molecule has 0 aromatic carbocycles. The topological polar surface area (TPSA) is 50.4 Å². The summed E-state index contributed by atoms with van der Waals surface area (Å²) >= 11 is 0. The highest BCUT2D eigenvalue weighted by atomic mass is 15.0. The van der Waals surface area contributed by atoms with E-state index < -0.39 is 0 Å². The SMILES string of the molecule is CC(C)(CN)CNC1=NCCCC1. The average Bonchev–Trinajstić information content (AvgIpc) is 2.17. The first kappa shape index (κ1) is 10.5. The van der Waals surface area contributed by atoms with E-state index in [1.54, 1.807) is 0 Å². The van der Waals surface area contributed by atoms with Gasteiger partial charge in [-0.15, -0.1) is 0 Å². The quantitative estimate of drug-likeness (QED) is 0.689. The second-order valence-electron chi connectivity index (χ2n) is 4.51. The van der Waals surface area contributed by atoms with Gasteiger partial charge in [-0.2, -0.15) is 0 Å². The Balaban J connectivity index is 2.29. The van der Waals surface area contributed by atoms with Gasteiger partial charge in [0, 0.05) is 19.5 Å². The highest BCUT2D eigenvalue weighted by Gasteiger charge is 2.16. The summed E-state index contributed by atoms with van der Waals surface area (Å²) in [4.78, 5) is 4.43. The summed E-state index contributed by atoms with van der Waals surface area (Å²) in [6.07, 6.45) is 3.63. The summed E-state index contributed by atoms with van der Waals surface area (Å²) in [5.41, 5.74) is 5.82. The molecule has 3 N–H and O–H groups in total. The van der Waals surface area contributed by atoms with Crippen molar-refractivity contribution in [2.75, 3.05) is 19.6 Å². The van der Waals surface area contributed by atoms with Crippen molar-refractivity contribution < 1.29 is 0 Å². The van der Waals surface area contributed by atoms with Crippen LogP contribution in [0, 0.1) is 5.41 Å². The van der Waals surface area contributed by atoms with Crippen LogP contribution in [0.15, 0.2) is 4.99 Å². The number of nitrogens with one attached hydrogen (secondary N) is 1. The van der Waals surface area contributed by atoms with E-state index in [-0.39, 0.29) is 5.41 Å². The molecule has 3 nitrogen and oxygen atoms in total. The minimum Gasteiger partial charge on any atom is -0.373 e. The maximum atomic E-state index is 5.64. The molecule has 3 heteroatoms. The minimum atomic E-state index is 0.181. The first-order valence-electron chi connectivity index (χ1n) is 5.11.